The van der Waals surface area contributed by atoms with E-state index >= 15 is 0 Å². The van der Waals surface area contributed by atoms with E-state index in [9.17, 15) is 25.3 Å². The van der Waals surface area contributed by atoms with Gasteiger partial charge in [0.15, 0.2) is 33.0 Å². The maximum atomic E-state index is 11.7. The minimum absolute atomic E-state index is 0.264. The third-order valence-electron chi connectivity index (χ3n) is 2.97. The maximum absolute atomic E-state index is 11.7. The molecule has 0 bridgehead atoms. The Morgan fingerprint density at radius 2 is 1.00 bits per heavy atom. The molecule has 4 atom stereocenters. The van der Waals surface area contributed by atoms with Crippen LogP contribution in [0.1, 0.15) is 39.5 Å². The Labute approximate surface area is 160 Å². The molecule has 26 heavy (non-hydrogen) atoms. The maximum Gasteiger partial charge on any atom is 0.268 e. The summed E-state index contributed by atoms with van der Waals surface area (Å²) in [6.45, 7) is 2.64. The van der Waals surface area contributed by atoms with Gasteiger partial charge in [-0.25, -0.2) is 8.42 Å². The van der Waals surface area contributed by atoms with Crippen molar-refractivity contribution >= 4 is 42.4 Å². The van der Waals surface area contributed by atoms with Crippen molar-refractivity contribution in [1.29, 1.82) is 0 Å². The second kappa shape index (κ2) is 12.5. The van der Waals surface area contributed by atoms with Gasteiger partial charge in [-0.05, 0) is 26.7 Å². The lowest BCUT2D eigenvalue weighted by Crippen LogP contribution is -2.23. The van der Waals surface area contributed by atoms with Crippen LogP contribution in [-0.2, 0) is 59.1 Å². The lowest BCUT2D eigenvalue weighted by molar-refractivity contribution is 0.282. The summed E-state index contributed by atoms with van der Waals surface area (Å²) in [5, 5.41) is 0. The molecule has 0 rings (SSSR count). The van der Waals surface area contributed by atoms with Crippen LogP contribution in [0.25, 0.3) is 0 Å². The monoisotopic (exact) mass is 458 g/mol. The molecule has 0 aromatic heterocycles. The fourth-order valence-electron chi connectivity index (χ4n) is 1.76. The predicted molar refractivity (Wildman–Crippen MR) is 97.4 cm³/mol. The molecule has 0 aromatic carbocycles. The van der Waals surface area contributed by atoms with Gasteiger partial charge >= 0.3 is 0 Å². The second-order valence-electron chi connectivity index (χ2n) is 5.12. The van der Waals surface area contributed by atoms with Crippen LogP contribution < -0.4 is 0 Å². The van der Waals surface area contributed by atoms with Crippen molar-refractivity contribution in [2.75, 3.05) is 25.7 Å². The van der Waals surface area contributed by atoms with Gasteiger partial charge in [-0.2, -0.15) is 16.8 Å². The molecule has 0 saturated carbocycles. The quantitative estimate of drug-likeness (QED) is 0.252. The summed E-state index contributed by atoms with van der Waals surface area (Å²) in [6.07, 6.45) is 1.44. The Kier molecular flexibility index (Phi) is 12.5. The van der Waals surface area contributed by atoms with E-state index in [1.165, 1.54) is 28.1 Å². The molecule has 0 amide bonds. The largest absolute Gasteiger partial charge is 0.292 e. The second-order valence-corrected chi connectivity index (χ2v) is 11.6. The average Bonchev–Trinajstić information content (AvgIpc) is 2.55. The summed E-state index contributed by atoms with van der Waals surface area (Å²) in [4.78, 5) is 0. The molecule has 4 unspecified atom stereocenters. The molecule has 0 saturated heterocycles. The summed E-state index contributed by atoms with van der Waals surface area (Å²) in [6, 6.07) is 0. The van der Waals surface area contributed by atoms with Gasteiger partial charge in [-0.1, -0.05) is 12.8 Å². The van der Waals surface area contributed by atoms with Crippen molar-refractivity contribution in [2.45, 2.75) is 50.4 Å². The van der Waals surface area contributed by atoms with Crippen LogP contribution in [0.5, 0.6) is 0 Å². The van der Waals surface area contributed by atoms with E-state index in [2.05, 4.69) is 8.37 Å². The van der Waals surface area contributed by atoms with E-state index < -0.39 is 53.3 Å². The first-order valence-electron chi connectivity index (χ1n) is 7.66. The van der Waals surface area contributed by atoms with Crippen LogP contribution in [0, 0.1) is 0 Å². The Hall–Kier alpha value is 0.0400. The lowest BCUT2D eigenvalue weighted by Gasteiger charge is -2.11. The highest BCUT2D eigenvalue weighted by Gasteiger charge is 2.22. The SMILES string of the molecule is COS(=O)C(C)OS(=O)(=O)CCCCCCS(=O)(=O)OC(C)S(=O)OC. The highest BCUT2D eigenvalue weighted by Crippen LogP contribution is 2.11. The van der Waals surface area contributed by atoms with E-state index in [4.69, 9.17) is 8.37 Å². The van der Waals surface area contributed by atoms with E-state index in [0.29, 0.717) is 12.8 Å². The number of hydrogen-bond acceptors (Lipinski definition) is 10. The first-order chi connectivity index (χ1) is 11.9. The van der Waals surface area contributed by atoms with Crippen molar-refractivity contribution in [3.05, 3.63) is 0 Å². The zero-order valence-corrected chi connectivity index (χ0v) is 18.4. The molecule has 0 spiro atoms. The third-order valence-corrected chi connectivity index (χ3v) is 7.89. The van der Waals surface area contributed by atoms with Crippen LogP contribution in [0.2, 0.25) is 0 Å². The topological polar surface area (TPSA) is 139 Å². The number of rotatable bonds is 15. The molecule has 0 radical (unpaired) electrons. The molecule has 0 aliphatic rings. The molecule has 0 aliphatic carbocycles. The molecule has 0 aliphatic heterocycles. The number of unbranched alkanes of at least 4 members (excludes halogenated alkanes) is 3. The van der Waals surface area contributed by atoms with Crippen LogP contribution in [0.4, 0.5) is 0 Å². The Bertz CT molecular complexity index is 599. The van der Waals surface area contributed by atoms with Gasteiger partial charge in [0.2, 0.25) is 0 Å². The summed E-state index contributed by atoms with van der Waals surface area (Å²) in [7, 11) is -5.34. The summed E-state index contributed by atoms with van der Waals surface area (Å²) in [5.41, 5.74) is -2.21. The van der Waals surface area contributed by atoms with Crippen molar-refractivity contribution in [3.8, 4) is 0 Å². The molecule has 0 fully saturated rings. The molecule has 0 heterocycles. The molecule has 0 aromatic rings. The third kappa shape index (κ3) is 11.7. The highest BCUT2D eigenvalue weighted by atomic mass is 32.2. The van der Waals surface area contributed by atoms with E-state index in [-0.39, 0.29) is 24.3 Å². The fourth-order valence-corrected chi connectivity index (χ4v) is 5.66. The molecular formula is C12H26O10S4. The first kappa shape index (κ1) is 26.0. The Morgan fingerprint density at radius 3 is 1.27 bits per heavy atom. The lowest BCUT2D eigenvalue weighted by atomic mass is 10.2. The molecule has 10 nitrogen and oxygen atoms in total. The van der Waals surface area contributed by atoms with Gasteiger partial charge in [-0.15, -0.1) is 0 Å². The molecular weight excluding hydrogens is 432 g/mol. The summed E-state index contributed by atoms with van der Waals surface area (Å²) < 4.78 is 87.7. The van der Waals surface area contributed by atoms with Gasteiger partial charge in [0.1, 0.15) is 0 Å². The summed E-state index contributed by atoms with van der Waals surface area (Å²) >= 11 is -3.72. The smallest absolute Gasteiger partial charge is 0.268 e. The fraction of sp³-hybridized carbons (Fsp3) is 1.00. The van der Waals surface area contributed by atoms with Crippen molar-refractivity contribution in [1.82, 2.24) is 0 Å². The van der Waals surface area contributed by atoms with E-state index in [0.717, 1.165) is 0 Å². The van der Waals surface area contributed by atoms with Crippen LogP contribution >= 0.6 is 0 Å². The average molecular weight is 459 g/mol. The van der Waals surface area contributed by atoms with E-state index in [1.807, 2.05) is 0 Å². The van der Waals surface area contributed by atoms with Gasteiger partial charge in [0.25, 0.3) is 20.2 Å². The zero-order valence-electron chi connectivity index (χ0n) is 15.1. The van der Waals surface area contributed by atoms with Crippen LogP contribution in [0.3, 0.4) is 0 Å². The molecule has 14 heteroatoms. The van der Waals surface area contributed by atoms with Gasteiger partial charge < -0.3 is 0 Å². The number of hydrogen-bond donors (Lipinski definition) is 0. The van der Waals surface area contributed by atoms with Crippen LogP contribution in [-0.4, -0.2) is 61.9 Å². The minimum atomic E-state index is -3.84. The van der Waals surface area contributed by atoms with Gasteiger partial charge in [0, 0.05) is 0 Å². The Morgan fingerprint density at radius 1 is 0.692 bits per heavy atom. The standard InChI is InChI=1S/C12H26O10S4/c1-11(23(13)19-3)21-25(15,16)9-7-5-6-8-10-26(17,18)22-12(2)24(14)20-4/h11-12H,5-10H2,1-4H3. The van der Waals surface area contributed by atoms with Gasteiger partial charge in [0.05, 0.1) is 25.7 Å². The molecule has 0 N–H and O–H groups in total. The van der Waals surface area contributed by atoms with Crippen LogP contribution in [0.15, 0.2) is 0 Å². The highest BCUT2D eigenvalue weighted by molar-refractivity contribution is 7.88. The zero-order chi connectivity index (χ0) is 20.4. The van der Waals surface area contributed by atoms with Crippen molar-refractivity contribution < 1.29 is 42.0 Å². The summed E-state index contributed by atoms with van der Waals surface area (Å²) in [5.74, 6) is -0.545. The Balaban J connectivity index is 4.09. The first-order valence-corrected chi connectivity index (χ1v) is 13.1. The normalized spacial score (nSPS) is 17.5. The van der Waals surface area contributed by atoms with Crippen molar-refractivity contribution in [2.24, 2.45) is 0 Å². The van der Waals surface area contributed by atoms with Gasteiger partial charge in [-0.3, -0.25) is 16.7 Å². The minimum Gasteiger partial charge on any atom is -0.292 e. The van der Waals surface area contributed by atoms with Crippen molar-refractivity contribution in [3.63, 3.8) is 0 Å². The predicted octanol–water partition coefficient (Wildman–Crippen LogP) is 0.552. The molecule has 158 valence electrons. The van der Waals surface area contributed by atoms with E-state index in [1.54, 1.807) is 0 Å².